The summed E-state index contributed by atoms with van der Waals surface area (Å²) in [6.07, 6.45) is 1.14. The smallest absolute Gasteiger partial charge is 0.174 e. The Morgan fingerprint density at radius 1 is 1.36 bits per heavy atom. The molecule has 0 saturated carbocycles. The molecule has 0 bridgehead atoms. The maximum absolute atomic E-state index is 14.0. The Kier molecular flexibility index (Phi) is 4.74. The molecule has 1 aliphatic rings. The van der Waals surface area contributed by atoms with Gasteiger partial charge in [0.2, 0.25) is 0 Å². The largest absolute Gasteiger partial charge is 0.507 e. The van der Waals surface area contributed by atoms with E-state index in [2.05, 4.69) is 0 Å². The molecule has 2 aromatic carbocycles. The van der Waals surface area contributed by atoms with E-state index >= 15 is 0 Å². The van der Waals surface area contributed by atoms with Crippen LogP contribution in [0.1, 0.15) is 42.3 Å². The number of halogens is 1. The van der Waals surface area contributed by atoms with E-state index in [1.807, 2.05) is 19.9 Å². The normalized spacial score (nSPS) is 16.0. The molecule has 130 valence electrons. The molecule has 0 aromatic heterocycles. The first-order valence-corrected chi connectivity index (χ1v) is 8.03. The molecule has 1 N–H and O–H groups in total. The summed E-state index contributed by atoms with van der Waals surface area (Å²) < 4.78 is 25.4. The topological polar surface area (TPSA) is 55.8 Å². The third-order valence-corrected chi connectivity index (χ3v) is 3.97. The first-order chi connectivity index (χ1) is 12.0. The third-order valence-electron chi connectivity index (χ3n) is 3.97. The van der Waals surface area contributed by atoms with Crippen LogP contribution in [-0.2, 0) is 0 Å². The average Bonchev–Trinajstić information content (AvgIpc) is 2.54. The standard InChI is InChI=1S/C20H19FO4/c1-12(2)7-8-24-13-9-16(22)20-17(23)11-18(25-19(20)10-13)14-5-3-4-6-15(14)21/h3-7,9-10,18,22H,8,11H2,1-2H3. The number of Topliss-reactive ketones (excluding diaryl/α,β-unsaturated/α-hetero) is 1. The van der Waals surface area contributed by atoms with Crippen molar-refractivity contribution >= 4 is 5.78 Å². The second-order valence-corrected chi connectivity index (χ2v) is 6.16. The van der Waals surface area contributed by atoms with Gasteiger partial charge in [-0.3, -0.25) is 4.79 Å². The first kappa shape index (κ1) is 17.0. The molecule has 4 nitrogen and oxygen atoms in total. The number of carbonyl (C=O) groups excluding carboxylic acids is 1. The van der Waals surface area contributed by atoms with Gasteiger partial charge in [-0.2, -0.15) is 0 Å². The molecule has 1 unspecified atom stereocenters. The van der Waals surface area contributed by atoms with Gasteiger partial charge in [0.05, 0.1) is 6.42 Å². The minimum absolute atomic E-state index is 0.0283. The van der Waals surface area contributed by atoms with Crippen molar-refractivity contribution in [3.63, 3.8) is 0 Å². The zero-order valence-corrected chi connectivity index (χ0v) is 14.1. The predicted molar refractivity (Wildman–Crippen MR) is 91.7 cm³/mol. The molecule has 2 aromatic rings. The number of allylic oxidation sites excluding steroid dienone is 1. The molecule has 1 heterocycles. The van der Waals surface area contributed by atoms with Crippen molar-refractivity contribution < 1.29 is 23.8 Å². The van der Waals surface area contributed by atoms with Crippen molar-refractivity contribution in [1.29, 1.82) is 0 Å². The lowest BCUT2D eigenvalue weighted by Gasteiger charge is -2.26. The number of hydrogen-bond donors (Lipinski definition) is 1. The second kappa shape index (κ2) is 6.97. The predicted octanol–water partition coefficient (Wildman–Crippen LogP) is 4.58. The highest BCUT2D eigenvalue weighted by Crippen LogP contribution is 2.42. The number of ketones is 1. The van der Waals surface area contributed by atoms with E-state index in [1.54, 1.807) is 24.3 Å². The van der Waals surface area contributed by atoms with Gasteiger partial charge < -0.3 is 14.6 Å². The Morgan fingerprint density at radius 3 is 2.84 bits per heavy atom. The van der Waals surface area contributed by atoms with Crippen molar-refractivity contribution in [2.45, 2.75) is 26.4 Å². The second-order valence-electron chi connectivity index (χ2n) is 6.16. The van der Waals surface area contributed by atoms with E-state index in [9.17, 15) is 14.3 Å². The summed E-state index contributed by atoms with van der Waals surface area (Å²) >= 11 is 0. The SMILES string of the molecule is CC(C)=CCOc1cc(O)c2c(c1)OC(c1ccccc1F)CC2=O. The van der Waals surface area contributed by atoms with Gasteiger partial charge in [-0.15, -0.1) is 0 Å². The van der Waals surface area contributed by atoms with Crippen LogP contribution in [0.25, 0.3) is 0 Å². The molecular weight excluding hydrogens is 323 g/mol. The van der Waals surface area contributed by atoms with Crippen LogP contribution in [0.5, 0.6) is 17.2 Å². The van der Waals surface area contributed by atoms with Gasteiger partial charge in [-0.05, 0) is 26.0 Å². The van der Waals surface area contributed by atoms with Gasteiger partial charge >= 0.3 is 0 Å². The van der Waals surface area contributed by atoms with Gasteiger partial charge in [-0.1, -0.05) is 23.8 Å². The van der Waals surface area contributed by atoms with Crippen molar-refractivity contribution in [3.05, 3.63) is 65.0 Å². The van der Waals surface area contributed by atoms with Crippen molar-refractivity contribution in [1.82, 2.24) is 0 Å². The highest BCUT2D eigenvalue weighted by Gasteiger charge is 2.32. The number of rotatable bonds is 4. The van der Waals surface area contributed by atoms with Crippen molar-refractivity contribution in [2.75, 3.05) is 6.61 Å². The lowest BCUT2D eigenvalue weighted by Crippen LogP contribution is -2.21. The molecule has 0 aliphatic carbocycles. The maximum Gasteiger partial charge on any atom is 0.174 e. The minimum Gasteiger partial charge on any atom is -0.507 e. The summed E-state index contributed by atoms with van der Waals surface area (Å²) in [5.74, 6) is -0.319. The molecule has 0 fully saturated rings. The average molecular weight is 342 g/mol. The lowest BCUT2D eigenvalue weighted by molar-refractivity contribution is 0.0840. The third kappa shape index (κ3) is 3.65. The number of carbonyl (C=O) groups is 1. The van der Waals surface area contributed by atoms with Crippen LogP contribution in [0.3, 0.4) is 0 Å². The molecular formula is C20H19FO4. The van der Waals surface area contributed by atoms with Crippen LogP contribution < -0.4 is 9.47 Å². The van der Waals surface area contributed by atoms with Crippen LogP contribution in [-0.4, -0.2) is 17.5 Å². The molecule has 1 atom stereocenters. The molecule has 0 spiro atoms. The summed E-state index contributed by atoms with van der Waals surface area (Å²) in [7, 11) is 0. The minimum atomic E-state index is -0.728. The Morgan fingerprint density at radius 2 is 2.12 bits per heavy atom. The van der Waals surface area contributed by atoms with Gasteiger partial charge in [0.15, 0.2) is 5.78 Å². The number of hydrogen-bond acceptors (Lipinski definition) is 4. The van der Waals surface area contributed by atoms with Gasteiger partial charge in [0.25, 0.3) is 0 Å². The van der Waals surface area contributed by atoms with E-state index in [4.69, 9.17) is 9.47 Å². The monoisotopic (exact) mass is 342 g/mol. The van der Waals surface area contributed by atoms with Crippen molar-refractivity contribution in [3.8, 4) is 17.2 Å². The van der Waals surface area contributed by atoms with Gasteiger partial charge in [0, 0.05) is 17.7 Å². The quantitative estimate of drug-likeness (QED) is 0.826. The van der Waals surface area contributed by atoms with Crippen LogP contribution in [0.4, 0.5) is 4.39 Å². The Hall–Kier alpha value is -2.82. The molecule has 3 rings (SSSR count). The molecule has 0 saturated heterocycles. The number of aromatic hydroxyl groups is 1. The lowest BCUT2D eigenvalue weighted by atomic mass is 9.95. The molecule has 1 aliphatic heterocycles. The summed E-state index contributed by atoms with van der Waals surface area (Å²) in [4.78, 5) is 12.4. The highest BCUT2D eigenvalue weighted by molar-refractivity contribution is 6.02. The summed E-state index contributed by atoms with van der Waals surface area (Å²) in [6, 6.07) is 9.14. The van der Waals surface area contributed by atoms with Crippen LogP contribution in [0.2, 0.25) is 0 Å². The fourth-order valence-electron chi connectivity index (χ4n) is 2.71. The Bertz CT molecular complexity index is 838. The Labute approximate surface area is 145 Å². The zero-order chi connectivity index (χ0) is 18.0. The first-order valence-electron chi connectivity index (χ1n) is 8.03. The van der Waals surface area contributed by atoms with E-state index in [0.29, 0.717) is 17.9 Å². The Balaban J connectivity index is 1.91. The maximum atomic E-state index is 14.0. The number of ether oxygens (including phenoxy) is 2. The van der Waals surface area contributed by atoms with Crippen LogP contribution in [0.15, 0.2) is 48.0 Å². The number of phenols is 1. The van der Waals surface area contributed by atoms with Gasteiger partial charge in [0.1, 0.15) is 41.3 Å². The number of phenolic OH excluding ortho intramolecular Hbond substituents is 1. The van der Waals surface area contributed by atoms with Gasteiger partial charge in [-0.25, -0.2) is 4.39 Å². The summed E-state index contributed by atoms with van der Waals surface area (Å²) in [6.45, 7) is 4.24. The van der Waals surface area contributed by atoms with Crippen LogP contribution >= 0.6 is 0 Å². The number of benzene rings is 2. The van der Waals surface area contributed by atoms with E-state index < -0.39 is 11.9 Å². The molecule has 25 heavy (non-hydrogen) atoms. The van der Waals surface area contributed by atoms with E-state index in [1.165, 1.54) is 12.1 Å². The van der Waals surface area contributed by atoms with E-state index in [0.717, 1.165) is 5.57 Å². The highest BCUT2D eigenvalue weighted by atomic mass is 19.1. The zero-order valence-electron chi connectivity index (χ0n) is 14.1. The summed E-state index contributed by atoms with van der Waals surface area (Å²) in [5.41, 5.74) is 1.53. The molecule has 0 amide bonds. The fraction of sp³-hybridized carbons (Fsp3) is 0.250. The van der Waals surface area contributed by atoms with Crippen LogP contribution in [0, 0.1) is 5.82 Å². The molecule has 5 heteroatoms. The van der Waals surface area contributed by atoms with E-state index in [-0.39, 0.29) is 29.3 Å². The molecule has 0 radical (unpaired) electrons. The summed E-state index contributed by atoms with van der Waals surface area (Å²) in [5, 5.41) is 10.2. The van der Waals surface area contributed by atoms with Crippen molar-refractivity contribution in [2.24, 2.45) is 0 Å². The fourth-order valence-corrected chi connectivity index (χ4v) is 2.71. The number of fused-ring (bicyclic) bond motifs is 1.